The number of hydrogen-bond acceptors (Lipinski definition) is 5. The minimum atomic E-state index is -3.77. The van der Waals surface area contributed by atoms with Crippen LogP contribution in [0.2, 0.25) is 0 Å². The second-order valence-corrected chi connectivity index (χ2v) is 10.0. The Labute approximate surface area is 202 Å². The van der Waals surface area contributed by atoms with Crippen molar-refractivity contribution in [3.05, 3.63) is 60.2 Å². The summed E-state index contributed by atoms with van der Waals surface area (Å²) in [5.74, 6) is -0.243. The van der Waals surface area contributed by atoms with Gasteiger partial charge in [0.25, 0.3) is 0 Å². The van der Waals surface area contributed by atoms with Crippen LogP contribution < -0.4 is 14.4 Å². The Bertz CT molecular complexity index is 1040. The van der Waals surface area contributed by atoms with Crippen LogP contribution in [-0.2, 0) is 26.0 Å². The summed E-state index contributed by atoms with van der Waals surface area (Å²) in [6.07, 6.45) is 3.37. The van der Waals surface area contributed by atoms with Crippen LogP contribution in [0.1, 0.15) is 32.3 Å². The van der Waals surface area contributed by atoms with E-state index in [1.54, 1.807) is 31.2 Å². The van der Waals surface area contributed by atoms with E-state index in [9.17, 15) is 18.0 Å². The molecule has 8 nitrogen and oxygen atoms in total. The molecule has 2 aromatic carbocycles. The molecule has 0 heterocycles. The number of benzene rings is 2. The van der Waals surface area contributed by atoms with Crippen molar-refractivity contribution in [1.29, 1.82) is 0 Å². The number of ether oxygens (including phenoxy) is 1. The molecule has 0 fully saturated rings. The fourth-order valence-electron chi connectivity index (χ4n) is 3.49. The van der Waals surface area contributed by atoms with Crippen molar-refractivity contribution in [1.82, 2.24) is 10.2 Å². The van der Waals surface area contributed by atoms with Gasteiger partial charge < -0.3 is 15.0 Å². The van der Waals surface area contributed by atoms with Crippen LogP contribution >= 0.6 is 0 Å². The number of unbranched alkanes of at least 4 members (excludes halogenated alkanes) is 1. The molecule has 0 aliphatic heterocycles. The molecule has 0 spiro atoms. The summed E-state index contributed by atoms with van der Waals surface area (Å²) in [6, 6.07) is 15.4. The van der Waals surface area contributed by atoms with Gasteiger partial charge in [0.2, 0.25) is 21.8 Å². The average Bonchev–Trinajstić information content (AvgIpc) is 2.82. The van der Waals surface area contributed by atoms with E-state index in [4.69, 9.17) is 4.74 Å². The van der Waals surface area contributed by atoms with E-state index in [0.717, 1.165) is 29.0 Å². The molecule has 0 bridgehead atoms. The number of methoxy groups -OCH3 is 1. The molecule has 2 aromatic rings. The van der Waals surface area contributed by atoms with Crippen LogP contribution in [0.15, 0.2) is 54.6 Å². The van der Waals surface area contributed by atoms with Crippen LogP contribution in [0.3, 0.4) is 0 Å². The first-order valence-corrected chi connectivity index (χ1v) is 13.2. The molecule has 0 unspecified atom stereocenters. The molecule has 0 aromatic heterocycles. The molecule has 186 valence electrons. The Hall–Kier alpha value is -3.07. The number of nitrogens with zero attached hydrogens (tertiary/aromatic N) is 2. The van der Waals surface area contributed by atoms with Gasteiger partial charge in [-0.15, -0.1) is 0 Å². The Morgan fingerprint density at radius 3 is 2.41 bits per heavy atom. The van der Waals surface area contributed by atoms with Crippen molar-refractivity contribution < 1.29 is 22.7 Å². The molecule has 0 aliphatic rings. The first-order valence-electron chi connectivity index (χ1n) is 11.4. The van der Waals surface area contributed by atoms with Gasteiger partial charge >= 0.3 is 0 Å². The van der Waals surface area contributed by atoms with Gasteiger partial charge in [-0.2, -0.15) is 0 Å². The first-order chi connectivity index (χ1) is 16.2. The van der Waals surface area contributed by atoms with Gasteiger partial charge in [0.05, 0.1) is 19.1 Å². The fourth-order valence-corrected chi connectivity index (χ4v) is 4.33. The van der Waals surface area contributed by atoms with Gasteiger partial charge in [-0.25, -0.2) is 8.42 Å². The van der Waals surface area contributed by atoms with Crippen molar-refractivity contribution in [2.24, 2.45) is 0 Å². The highest BCUT2D eigenvalue weighted by molar-refractivity contribution is 7.92. The van der Waals surface area contributed by atoms with Crippen molar-refractivity contribution in [3.63, 3.8) is 0 Å². The quantitative estimate of drug-likeness (QED) is 0.437. The second-order valence-electron chi connectivity index (χ2n) is 8.11. The van der Waals surface area contributed by atoms with Gasteiger partial charge in [-0.1, -0.05) is 49.7 Å². The maximum absolute atomic E-state index is 13.4. The van der Waals surface area contributed by atoms with E-state index >= 15 is 0 Å². The maximum Gasteiger partial charge on any atom is 0.244 e. The number of rotatable bonds is 13. The third-order valence-corrected chi connectivity index (χ3v) is 6.64. The van der Waals surface area contributed by atoms with E-state index in [1.807, 2.05) is 37.3 Å². The lowest BCUT2D eigenvalue weighted by Gasteiger charge is -2.31. The highest BCUT2D eigenvalue weighted by Gasteiger charge is 2.29. The molecule has 2 rings (SSSR count). The summed E-state index contributed by atoms with van der Waals surface area (Å²) < 4.78 is 31.4. The molecule has 9 heteroatoms. The van der Waals surface area contributed by atoms with Crippen LogP contribution in [0.4, 0.5) is 5.69 Å². The zero-order chi connectivity index (χ0) is 25.1. The Kier molecular flexibility index (Phi) is 10.4. The van der Waals surface area contributed by atoms with Crippen molar-refractivity contribution in [2.45, 2.75) is 39.2 Å². The van der Waals surface area contributed by atoms with Crippen molar-refractivity contribution in [2.75, 3.05) is 37.3 Å². The molecular weight excluding hydrogens is 454 g/mol. The smallest absolute Gasteiger partial charge is 0.244 e. The number of nitrogens with one attached hydrogen (secondary N) is 1. The minimum absolute atomic E-state index is 0.262. The second kappa shape index (κ2) is 13.0. The predicted octanol–water partition coefficient (Wildman–Crippen LogP) is 2.84. The lowest BCUT2D eigenvalue weighted by atomic mass is 10.1. The standard InChI is InChI=1S/C25H35N3O5S/c1-5-6-16-26-25(30)20(2)27(17-15-21-11-8-7-9-12-21)24(29)19-28(34(4,31)32)22-13-10-14-23(18-22)33-3/h7-14,18,20H,5-6,15-17,19H2,1-4H3,(H,26,30)/t20-/m1/s1. The summed E-state index contributed by atoms with van der Waals surface area (Å²) in [4.78, 5) is 27.6. The van der Waals surface area contributed by atoms with Gasteiger partial charge in [0, 0.05) is 19.2 Å². The number of carbonyl (C=O) groups is 2. The number of anilines is 1. The molecule has 0 aliphatic carbocycles. The molecule has 1 atom stereocenters. The first kappa shape index (κ1) is 27.2. The number of amides is 2. The lowest BCUT2D eigenvalue weighted by molar-refractivity contribution is -0.138. The largest absolute Gasteiger partial charge is 0.497 e. The van der Waals surface area contributed by atoms with Gasteiger partial charge in [0.1, 0.15) is 18.3 Å². The van der Waals surface area contributed by atoms with Gasteiger partial charge in [-0.05, 0) is 37.5 Å². The van der Waals surface area contributed by atoms with E-state index in [2.05, 4.69) is 5.32 Å². The summed E-state index contributed by atoms with van der Waals surface area (Å²) in [5.41, 5.74) is 1.34. The Morgan fingerprint density at radius 2 is 1.79 bits per heavy atom. The summed E-state index contributed by atoms with van der Waals surface area (Å²) in [7, 11) is -2.29. The third-order valence-electron chi connectivity index (χ3n) is 5.50. The Balaban J connectivity index is 2.28. The molecular formula is C25H35N3O5S. The average molecular weight is 490 g/mol. The molecule has 0 saturated carbocycles. The minimum Gasteiger partial charge on any atom is -0.497 e. The van der Waals surface area contributed by atoms with Crippen LogP contribution in [0.25, 0.3) is 0 Å². The van der Waals surface area contributed by atoms with Crippen LogP contribution in [0, 0.1) is 0 Å². The lowest BCUT2D eigenvalue weighted by Crippen LogP contribution is -2.52. The number of carbonyl (C=O) groups excluding carboxylic acids is 2. The number of sulfonamides is 1. The third kappa shape index (κ3) is 8.06. The Morgan fingerprint density at radius 1 is 1.09 bits per heavy atom. The van der Waals surface area contributed by atoms with E-state index in [-0.39, 0.29) is 12.5 Å². The monoisotopic (exact) mass is 489 g/mol. The molecule has 2 amide bonds. The van der Waals surface area contributed by atoms with Crippen molar-refractivity contribution >= 4 is 27.5 Å². The fraction of sp³-hybridized carbons (Fsp3) is 0.440. The topological polar surface area (TPSA) is 96.0 Å². The highest BCUT2D eigenvalue weighted by atomic mass is 32.2. The molecule has 0 radical (unpaired) electrons. The molecule has 0 saturated heterocycles. The van der Waals surface area contributed by atoms with E-state index in [0.29, 0.717) is 24.4 Å². The highest BCUT2D eigenvalue weighted by Crippen LogP contribution is 2.23. The van der Waals surface area contributed by atoms with Crippen molar-refractivity contribution in [3.8, 4) is 5.75 Å². The normalized spacial score (nSPS) is 12.0. The number of hydrogen-bond donors (Lipinski definition) is 1. The van der Waals surface area contributed by atoms with E-state index in [1.165, 1.54) is 12.0 Å². The van der Waals surface area contributed by atoms with Crippen LogP contribution in [-0.4, -0.2) is 64.2 Å². The summed E-state index contributed by atoms with van der Waals surface area (Å²) in [5, 5.41) is 2.87. The van der Waals surface area contributed by atoms with Crippen LogP contribution in [0.5, 0.6) is 5.75 Å². The summed E-state index contributed by atoms with van der Waals surface area (Å²) in [6.45, 7) is 4.08. The SMILES string of the molecule is CCCCNC(=O)[C@@H](C)N(CCc1ccccc1)C(=O)CN(c1cccc(OC)c1)S(C)(=O)=O. The predicted molar refractivity (Wildman–Crippen MR) is 134 cm³/mol. The zero-order valence-electron chi connectivity index (χ0n) is 20.4. The molecule has 1 N–H and O–H groups in total. The zero-order valence-corrected chi connectivity index (χ0v) is 21.2. The summed E-state index contributed by atoms with van der Waals surface area (Å²) >= 11 is 0. The molecule has 34 heavy (non-hydrogen) atoms. The maximum atomic E-state index is 13.4. The van der Waals surface area contributed by atoms with E-state index < -0.39 is 28.5 Å². The van der Waals surface area contributed by atoms with Gasteiger partial charge in [0.15, 0.2) is 0 Å². The van der Waals surface area contributed by atoms with Gasteiger partial charge in [-0.3, -0.25) is 13.9 Å².